The molecule has 1 amide bonds. The summed E-state index contributed by atoms with van der Waals surface area (Å²) >= 11 is 0. The normalized spacial score (nSPS) is 16.1. The Kier molecular flexibility index (Phi) is 4.12. The first kappa shape index (κ1) is 15.0. The first-order valence-corrected chi connectivity index (χ1v) is 7.87. The maximum Gasteiger partial charge on any atom is 0.240 e. The van der Waals surface area contributed by atoms with Gasteiger partial charge >= 0.3 is 0 Å². The molecule has 2 rings (SSSR count). The van der Waals surface area contributed by atoms with Crippen LogP contribution in [0.5, 0.6) is 0 Å². The molecule has 20 heavy (non-hydrogen) atoms. The second-order valence-electron chi connectivity index (χ2n) is 4.92. The van der Waals surface area contributed by atoms with Crippen molar-refractivity contribution < 1.29 is 18.3 Å². The van der Waals surface area contributed by atoms with E-state index in [1.807, 2.05) is 0 Å². The topological polar surface area (TPSA) is 86.7 Å². The standard InChI is InChI=1S/C13H18N2O4S/c1-9(8-16)14-20(18,19)12-4-3-11-5-6-15(10(2)17)13(11)7-12/h3-4,7,9,14,16H,5-6,8H2,1-2H3/t9-/m1/s1. The predicted octanol–water partition coefficient (Wildman–Crippen LogP) is 0.255. The van der Waals surface area contributed by atoms with Crippen molar-refractivity contribution in [1.82, 2.24) is 4.72 Å². The lowest BCUT2D eigenvalue weighted by Crippen LogP contribution is -2.35. The van der Waals surface area contributed by atoms with E-state index in [1.54, 1.807) is 17.9 Å². The summed E-state index contributed by atoms with van der Waals surface area (Å²) in [5.74, 6) is -0.102. The number of aliphatic hydroxyl groups excluding tert-OH is 1. The van der Waals surface area contributed by atoms with Crippen LogP contribution in [0.3, 0.4) is 0 Å². The maximum atomic E-state index is 12.2. The molecule has 6 nitrogen and oxygen atoms in total. The van der Waals surface area contributed by atoms with Gasteiger partial charge in [0.2, 0.25) is 15.9 Å². The van der Waals surface area contributed by atoms with Crippen LogP contribution in [0.1, 0.15) is 19.4 Å². The summed E-state index contributed by atoms with van der Waals surface area (Å²) in [6.07, 6.45) is 0.732. The zero-order chi connectivity index (χ0) is 14.9. The van der Waals surface area contributed by atoms with Gasteiger partial charge in [0.1, 0.15) is 0 Å². The van der Waals surface area contributed by atoms with Crippen LogP contribution < -0.4 is 9.62 Å². The van der Waals surface area contributed by atoms with Crippen molar-refractivity contribution in [1.29, 1.82) is 0 Å². The van der Waals surface area contributed by atoms with Crippen molar-refractivity contribution >= 4 is 21.6 Å². The van der Waals surface area contributed by atoms with E-state index in [0.29, 0.717) is 12.2 Å². The Morgan fingerprint density at radius 1 is 1.50 bits per heavy atom. The number of benzene rings is 1. The van der Waals surface area contributed by atoms with E-state index in [0.717, 1.165) is 12.0 Å². The molecule has 7 heteroatoms. The lowest BCUT2D eigenvalue weighted by atomic mass is 10.2. The molecule has 0 saturated heterocycles. The largest absolute Gasteiger partial charge is 0.395 e. The average molecular weight is 298 g/mol. The first-order chi connectivity index (χ1) is 9.35. The number of amides is 1. The fourth-order valence-corrected chi connectivity index (χ4v) is 3.48. The highest BCUT2D eigenvalue weighted by Crippen LogP contribution is 2.30. The van der Waals surface area contributed by atoms with Crippen LogP contribution in [-0.2, 0) is 21.2 Å². The van der Waals surface area contributed by atoms with E-state index in [-0.39, 0.29) is 17.4 Å². The number of hydrogen-bond donors (Lipinski definition) is 2. The smallest absolute Gasteiger partial charge is 0.240 e. The molecule has 1 aromatic rings. The summed E-state index contributed by atoms with van der Waals surface area (Å²) in [5.41, 5.74) is 1.62. The summed E-state index contributed by atoms with van der Waals surface area (Å²) in [6, 6.07) is 4.21. The molecule has 1 aliphatic rings. The van der Waals surface area contributed by atoms with Crippen molar-refractivity contribution in [3.05, 3.63) is 23.8 Å². The Morgan fingerprint density at radius 2 is 2.20 bits per heavy atom. The van der Waals surface area contributed by atoms with E-state index in [9.17, 15) is 13.2 Å². The Morgan fingerprint density at radius 3 is 2.80 bits per heavy atom. The fraction of sp³-hybridized carbons (Fsp3) is 0.462. The van der Waals surface area contributed by atoms with Crippen LogP contribution >= 0.6 is 0 Å². The highest BCUT2D eigenvalue weighted by molar-refractivity contribution is 7.89. The van der Waals surface area contributed by atoms with E-state index >= 15 is 0 Å². The number of carbonyl (C=O) groups excluding carboxylic acids is 1. The fourth-order valence-electron chi connectivity index (χ4n) is 2.22. The number of anilines is 1. The van der Waals surface area contributed by atoms with Gasteiger partial charge in [-0.15, -0.1) is 0 Å². The molecule has 1 aliphatic heterocycles. The van der Waals surface area contributed by atoms with Gasteiger partial charge in [-0.1, -0.05) is 6.07 Å². The minimum atomic E-state index is -3.69. The molecule has 0 bridgehead atoms. The Bertz CT molecular complexity index is 627. The van der Waals surface area contributed by atoms with E-state index in [4.69, 9.17) is 5.11 Å². The van der Waals surface area contributed by atoms with Crippen LogP contribution in [0.4, 0.5) is 5.69 Å². The number of nitrogens with one attached hydrogen (secondary N) is 1. The third-order valence-corrected chi connectivity index (χ3v) is 4.86. The summed E-state index contributed by atoms with van der Waals surface area (Å²) in [4.78, 5) is 13.2. The Hall–Kier alpha value is -1.44. The molecular formula is C13H18N2O4S. The minimum absolute atomic E-state index is 0.102. The maximum absolute atomic E-state index is 12.2. The summed E-state index contributed by atoms with van der Waals surface area (Å²) in [5, 5.41) is 8.93. The minimum Gasteiger partial charge on any atom is -0.395 e. The van der Waals surface area contributed by atoms with E-state index < -0.39 is 16.1 Å². The van der Waals surface area contributed by atoms with Gasteiger partial charge in [-0.2, -0.15) is 0 Å². The number of nitrogens with zero attached hydrogens (tertiary/aromatic N) is 1. The lowest BCUT2D eigenvalue weighted by Gasteiger charge is -2.16. The van der Waals surface area contributed by atoms with Gasteiger partial charge in [-0.25, -0.2) is 13.1 Å². The van der Waals surface area contributed by atoms with Gasteiger partial charge < -0.3 is 10.0 Å². The number of sulfonamides is 1. The summed E-state index contributed by atoms with van der Waals surface area (Å²) < 4.78 is 26.7. The van der Waals surface area contributed by atoms with Crippen molar-refractivity contribution in [2.75, 3.05) is 18.1 Å². The van der Waals surface area contributed by atoms with Gasteiger partial charge in [0.05, 0.1) is 11.5 Å². The molecule has 1 heterocycles. The molecular weight excluding hydrogens is 280 g/mol. The van der Waals surface area contributed by atoms with Crippen LogP contribution in [0.15, 0.2) is 23.1 Å². The molecule has 110 valence electrons. The average Bonchev–Trinajstić information content (AvgIpc) is 2.80. The van der Waals surface area contributed by atoms with Crippen molar-refractivity contribution in [3.8, 4) is 0 Å². The van der Waals surface area contributed by atoms with Crippen molar-refractivity contribution in [2.24, 2.45) is 0 Å². The molecule has 0 saturated carbocycles. The number of aliphatic hydroxyl groups is 1. The molecule has 0 fully saturated rings. The van der Waals surface area contributed by atoms with Gasteiger partial charge in [-0.05, 0) is 31.0 Å². The van der Waals surface area contributed by atoms with Crippen LogP contribution in [0, 0.1) is 0 Å². The van der Waals surface area contributed by atoms with Gasteiger partial charge in [0.15, 0.2) is 0 Å². The lowest BCUT2D eigenvalue weighted by molar-refractivity contribution is -0.116. The monoisotopic (exact) mass is 298 g/mol. The molecule has 2 N–H and O–H groups in total. The molecule has 0 aromatic heterocycles. The quantitative estimate of drug-likeness (QED) is 0.834. The number of rotatable bonds is 4. The third kappa shape index (κ3) is 2.84. The van der Waals surface area contributed by atoms with Crippen LogP contribution in [0.25, 0.3) is 0 Å². The van der Waals surface area contributed by atoms with Gasteiger partial charge in [0, 0.05) is 25.2 Å². The molecule has 0 radical (unpaired) electrons. The predicted molar refractivity (Wildman–Crippen MR) is 75.0 cm³/mol. The third-order valence-electron chi connectivity index (χ3n) is 3.27. The number of carbonyl (C=O) groups is 1. The SMILES string of the molecule is CC(=O)N1CCc2ccc(S(=O)(=O)N[C@H](C)CO)cc21. The van der Waals surface area contributed by atoms with Crippen molar-refractivity contribution in [2.45, 2.75) is 31.2 Å². The highest BCUT2D eigenvalue weighted by Gasteiger charge is 2.25. The Balaban J connectivity index is 2.36. The molecule has 0 spiro atoms. The van der Waals surface area contributed by atoms with Gasteiger partial charge in [0.25, 0.3) is 0 Å². The van der Waals surface area contributed by atoms with Crippen LogP contribution in [0.2, 0.25) is 0 Å². The second kappa shape index (κ2) is 5.51. The molecule has 1 aromatic carbocycles. The molecule has 0 unspecified atom stereocenters. The zero-order valence-corrected chi connectivity index (χ0v) is 12.3. The van der Waals surface area contributed by atoms with E-state index in [2.05, 4.69) is 4.72 Å². The zero-order valence-electron chi connectivity index (χ0n) is 11.5. The summed E-state index contributed by atoms with van der Waals surface area (Å²) in [7, 11) is -3.69. The van der Waals surface area contributed by atoms with Crippen LogP contribution in [-0.4, -0.2) is 38.6 Å². The first-order valence-electron chi connectivity index (χ1n) is 6.39. The van der Waals surface area contributed by atoms with Gasteiger partial charge in [-0.3, -0.25) is 4.79 Å². The second-order valence-corrected chi connectivity index (χ2v) is 6.63. The molecule has 0 aliphatic carbocycles. The molecule has 1 atom stereocenters. The number of fused-ring (bicyclic) bond motifs is 1. The highest BCUT2D eigenvalue weighted by atomic mass is 32.2. The van der Waals surface area contributed by atoms with E-state index in [1.165, 1.54) is 19.1 Å². The van der Waals surface area contributed by atoms with Crippen molar-refractivity contribution in [3.63, 3.8) is 0 Å². The Labute approximate surface area is 118 Å². The summed E-state index contributed by atoms with van der Waals surface area (Å²) in [6.45, 7) is 3.34. The number of hydrogen-bond acceptors (Lipinski definition) is 4.